The van der Waals surface area contributed by atoms with Gasteiger partial charge in [0.25, 0.3) is 5.91 Å². The Kier molecular flexibility index (Phi) is 7.20. The van der Waals surface area contributed by atoms with Gasteiger partial charge in [-0.25, -0.2) is 4.79 Å². The molecule has 0 heterocycles. The number of carbonyl (C=O) groups is 4. The number of ketones is 2. The highest BCUT2D eigenvalue weighted by molar-refractivity contribution is 6.24. The van der Waals surface area contributed by atoms with E-state index in [1.807, 2.05) is 0 Å². The molecule has 0 spiro atoms. The molecule has 13 nitrogen and oxygen atoms in total. The highest BCUT2D eigenvalue weighted by Gasteiger charge is 2.66. The van der Waals surface area contributed by atoms with Crippen molar-refractivity contribution in [3.8, 4) is 5.75 Å². The number of phenols is 1. The van der Waals surface area contributed by atoms with Crippen LogP contribution in [0.5, 0.6) is 5.75 Å². The lowest BCUT2D eigenvalue weighted by molar-refractivity contribution is -0.159. The second-order valence-corrected chi connectivity index (χ2v) is 9.97. The summed E-state index contributed by atoms with van der Waals surface area (Å²) in [6.07, 6.45) is -1.43. The molecule has 1 amide bonds. The van der Waals surface area contributed by atoms with Crippen LogP contribution in [0.25, 0.3) is 5.76 Å². The summed E-state index contributed by atoms with van der Waals surface area (Å²) in [6.45, 7) is 2.60. The van der Waals surface area contributed by atoms with Crippen LogP contribution in [0.1, 0.15) is 31.4 Å². The quantitative estimate of drug-likeness (QED) is 0.220. The second-order valence-electron chi connectivity index (χ2n) is 9.97. The Morgan fingerprint density at radius 3 is 2.16 bits per heavy atom. The van der Waals surface area contributed by atoms with E-state index < -0.39 is 87.0 Å². The first-order chi connectivity index (χ1) is 17.4. The lowest BCUT2D eigenvalue weighted by atomic mass is 9.54. The number of likely N-dealkylation sites (N-methyl/N-ethyl adjacent to an activating group) is 1. The number of nitrogens with zero attached hydrogens (tertiary/aromatic N) is 1. The Morgan fingerprint density at radius 1 is 1.13 bits per heavy atom. The van der Waals surface area contributed by atoms with Gasteiger partial charge in [0.2, 0.25) is 5.78 Å². The number of benzene rings is 1. The average Bonchev–Trinajstić information content (AvgIpc) is 2.79. The molecule has 3 aliphatic carbocycles. The van der Waals surface area contributed by atoms with Gasteiger partial charge in [0.1, 0.15) is 28.9 Å². The first-order valence-electron chi connectivity index (χ1n) is 11.5. The van der Waals surface area contributed by atoms with Gasteiger partial charge in [-0.05, 0) is 46.0 Å². The van der Waals surface area contributed by atoms with Crippen LogP contribution in [0.4, 0.5) is 0 Å². The fourth-order valence-electron chi connectivity index (χ4n) is 5.50. The number of carboxylic acid groups (broad SMARTS) is 1. The van der Waals surface area contributed by atoms with Crippen molar-refractivity contribution in [3.63, 3.8) is 0 Å². The molecule has 0 aliphatic heterocycles. The van der Waals surface area contributed by atoms with Gasteiger partial charge in [-0.3, -0.25) is 19.3 Å². The molecule has 3 aliphatic rings. The monoisotopic (exact) mass is 534 g/mol. The van der Waals surface area contributed by atoms with Gasteiger partial charge in [-0.2, -0.15) is 0 Å². The molecule has 1 fully saturated rings. The summed E-state index contributed by atoms with van der Waals surface area (Å²) in [5.41, 5.74) is -0.548. The first kappa shape index (κ1) is 28.8. The zero-order chi connectivity index (χ0) is 29.1. The molecule has 0 aromatic heterocycles. The van der Waals surface area contributed by atoms with Crippen molar-refractivity contribution in [2.45, 2.75) is 43.6 Å². The molecule has 6 atom stereocenters. The molecule has 1 unspecified atom stereocenters. The number of nitrogens with two attached hydrogens (primary N) is 1. The summed E-state index contributed by atoms with van der Waals surface area (Å²) in [5, 5.41) is 70.7. The van der Waals surface area contributed by atoms with Gasteiger partial charge in [-0.1, -0.05) is 12.1 Å². The van der Waals surface area contributed by atoms with E-state index in [9.17, 15) is 44.7 Å². The largest absolute Gasteiger partial charge is 0.508 e. The van der Waals surface area contributed by atoms with Crippen LogP contribution >= 0.6 is 0 Å². The van der Waals surface area contributed by atoms with E-state index in [1.165, 1.54) is 51.0 Å². The maximum absolute atomic E-state index is 13.7. The number of carboxylic acids is 1. The number of primary amides is 1. The predicted molar refractivity (Wildman–Crippen MR) is 129 cm³/mol. The van der Waals surface area contributed by atoms with Gasteiger partial charge in [-0.15, -0.1) is 0 Å². The highest BCUT2D eigenvalue weighted by atomic mass is 16.4. The van der Waals surface area contributed by atoms with Crippen LogP contribution in [-0.2, 0) is 24.8 Å². The van der Waals surface area contributed by atoms with E-state index in [-0.39, 0.29) is 17.5 Å². The second kappa shape index (κ2) is 9.51. The zero-order valence-corrected chi connectivity index (χ0v) is 21.0. The van der Waals surface area contributed by atoms with Crippen LogP contribution in [0.3, 0.4) is 0 Å². The van der Waals surface area contributed by atoms with Crippen molar-refractivity contribution in [2.75, 3.05) is 14.1 Å². The van der Waals surface area contributed by atoms with Crippen molar-refractivity contribution < 1.29 is 54.9 Å². The molecule has 0 radical (unpaired) electrons. The topological polar surface area (TPSA) is 239 Å². The molecule has 1 aromatic carbocycles. The molecule has 9 N–H and O–H groups in total. The third-order valence-corrected chi connectivity index (χ3v) is 7.38. The van der Waals surface area contributed by atoms with Gasteiger partial charge < -0.3 is 41.5 Å². The molecule has 1 saturated carbocycles. The van der Waals surface area contributed by atoms with Gasteiger partial charge in [0.15, 0.2) is 11.4 Å². The smallest absolute Gasteiger partial charge is 0.332 e. The van der Waals surface area contributed by atoms with Gasteiger partial charge >= 0.3 is 5.97 Å². The van der Waals surface area contributed by atoms with E-state index in [2.05, 4.69) is 0 Å². The van der Waals surface area contributed by atoms with E-state index in [0.29, 0.717) is 0 Å². The van der Waals surface area contributed by atoms with E-state index >= 15 is 0 Å². The van der Waals surface area contributed by atoms with Crippen molar-refractivity contribution in [3.05, 3.63) is 46.2 Å². The number of rotatable bonds is 3. The molecule has 0 bridgehead atoms. The third-order valence-electron chi connectivity index (χ3n) is 7.38. The van der Waals surface area contributed by atoms with E-state index in [0.717, 1.165) is 0 Å². The number of aliphatic hydroxyl groups is 5. The molecule has 38 heavy (non-hydrogen) atoms. The number of hydrogen-bond donors (Lipinski definition) is 8. The Hall–Kier alpha value is -3.78. The highest BCUT2D eigenvalue weighted by Crippen LogP contribution is 2.57. The number of hydrogen-bond acceptors (Lipinski definition) is 11. The summed E-state index contributed by atoms with van der Waals surface area (Å²) in [5.74, 6) is -9.08. The third kappa shape index (κ3) is 4.04. The number of amides is 1. The van der Waals surface area contributed by atoms with Crippen LogP contribution in [0, 0.1) is 11.8 Å². The lowest BCUT2D eigenvalue weighted by Gasteiger charge is -2.53. The van der Waals surface area contributed by atoms with Crippen LogP contribution in [-0.4, -0.2) is 95.9 Å². The van der Waals surface area contributed by atoms with Gasteiger partial charge in [0, 0.05) is 17.4 Å². The van der Waals surface area contributed by atoms with Crippen LogP contribution in [0.2, 0.25) is 0 Å². The summed E-state index contributed by atoms with van der Waals surface area (Å²) in [7, 11) is 3.01. The molecule has 0 saturated heterocycles. The number of carbonyl (C=O) groups excluding carboxylic acids is 3. The number of fused-ring (bicyclic) bond motifs is 3. The Bertz CT molecular complexity index is 1290. The maximum Gasteiger partial charge on any atom is 0.332 e. The van der Waals surface area contributed by atoms with Crippen LogP contribution in [0.15, 0.2) is 35.1 Å². The minimum Gasteiger partial charge on any atom is -0.508 e. The van der Waals surface area contributed by atoms with Crippen molar-refractivity contribution in [1.82, 2.24) is 4.90 Å². The SMILES string of the molecule is CC(O)C(=O)O.CN(C)[C@@H]1C(=O)C(C(N)=O)=C(O)[C@@]2(O)C(=O)C3=C(O)c4c(O)cccc4[C@@](C)(O)[C@H]3C[C@@H]12. The fraction of sp³-hybridized carbons (Fsp3) is 0.440. The lowest BCUT2D eigenvalue weighted by Crippen LogP contribution is -2.67. The Morgan fingerprint density at radius 2 is 1.68 bits per heavy atom. The number of aliphatic hydroxyl groups excluding tert-OH is 3. The Labute approximate surface area is 216 Å². The molecular weight excluding hydrogens is 504 g/mol. The number of aliphatic carboxylic acids is 1. The van der Waals surface area contributed by atoms with Crippen LogP contribution < -0.4 is 5.73 Å². The van der Waals surface area contributed by atoms with Gasteiger partial charge in [0.05, 0.1) is 17.2 Å². The first-order valence-corrected chi connectivity index (χ1v) is 11.5. The molecule has 1 aromatic rings. The molecular formula is C25H30N2O11. The molecule has 13 heteroatoms. The summed E-state index contributed by atoms with van der Waals surface area (Å²) < 4.78 is 0. The van der Waals surface area contributed by atoms with E-state index in [1.54, 1.807) is 0 Å². The summed E-state index contributed by atoms with van der Waals surface area (Å²) in [6, 6.07) is 3.02. The normalized spacial score (nSPS) is 31.1. The minimum absolute atomic E-state index is 0.170. The van der Waals surface area contributed by atoms with E-state index in [4.69, 9.17) is 15.9 Å². The average molecular weight is 535 g/mol. The zero-order valence-electron chi connectivity index (χ0n) is 21.0. The summed E-state index contributed by atoms with van der Waals surface area (Å²) >= 11 is 0. The standard InChI is InChI=1S/C22H24N2O8.C3H6O3/c1-21(31)8-5-4-6-11(25)12(8)16(26)13-9(21)7-10-15(24(2)3)17(27)14(20(23)30)19(29)22(10,32)18(13)28;1-2(4)3(5)6/h4-6,9-10,15,25-26,29,31-32H,7H2,1-3H3,(H2,23,30);2,4H,1H3,(H,5,6)/t9-,10-,15-,21+,22-;/m0./s1. The number of Topliss-reactive ketones (excluding diaryl/α,β-unsaturated/α-hetero) is 2. The summed E-state index contributed by atoms with van der Waals surface area (Å²) in [4.78, 5) is 49.4. The Balaban J connectivity index is 0.000000599. The minimum atomic E-state index is -2.75. The maximum atomic E-state index is 13.7. The fourth-order valence-corrected chi connectivity index (χ4v) is 5.50. The predicted octanol–water partition coefficient (Wildman–Crippen LogP) is -0.919. The number of aromatic hydroxyl groups is 1. The van der Waals surface area contributed by atoms with Crippen molar-refractivity contribution >= 4 is 29.2 Å². The van der Waals surface area contributed by atoms with Crippen molar-refractivity contribution in [1.29, 1.82) is 0 Å². The molecule has 206 valence electrons. The van der Waals surface area contributed by atoms with Crippen molar-refractivity contribution in [2.24, 2.45) is 17.6 Å². The number of phenolic OH excluding ortho intramolecular Hbond substituents is 1. The molecule has 4 rings (SSSR count).